The standard InChI is InChI=1S/C17H28N2O2/c1-4-15(18)17(13-5-7-14(21-3)8-6-13)19-10-9-16(20)12(2)11-19/h5-8,12,15-17,20H,4,9-11,18H2,1-3H3. The van der Waals surface area contributed by atoms with E-state index in [0.717, 1.165) is 31.7 Å². The first-order valence-corrected chi connectivity index (χ1v) is 7.88. The lowest BCUT2D eigenvalue weighted by atomic mass is 9.90. The van der Waals surface area contributed by atoms with E-state index in [0.29, 0.717) is 5.92 Å². The number of hydrogen-bond acceptors (Lipinski definition) is 4. The van der Waals surface area contributed by atoms with Gasteiger partial charge in [0.15, 0.2) is 0 Å². The molecule has 1 fully saturated rings. The van der Waals surface area contributed by atoms with Crippen molar-refractivity contribution in [2.45, 2.75) is 44.9 Å². The van der Waals surface area contributed by atoms with Gasteiger partial charge in [0.05, 0.1) is 13.2 Å². The first-order chi connectivity index (χ1) is 10.1. The van der Waals surface area contributed by atoms with Gasteiger partial charge in [0.25, 0.3) is 0 Å². The maximum Gasteiger partial charge on any atom is 0.118 e. The molecule has 0 amide bonds. The van der Waals surface area contributed by atoms with Gasteiger partial charge in [-0.2, -0.15) is 0 Å². The first kappa shape index (κ1) is 16.3. The Kier molecular flexibility index (Phi) is 5.62. The zero-order valence-corrected chi connectivity index (χ0v) is 13.3. The van der Waals surface area contributed by atoms with Crippen LogP contribution in [-0.2, 0) is 0 Å². The van der Waals surface area contributed by atoms with E-state index in [1.807, 2.05) is 12.1 Å². The van der Waals surface area contributed by atoms with Crippen molar-refractivity contribution in [3.05, 3.63) is 29.8 Å². The molecule has 4 atom stereocenters. The molecule has 0 saturated carbocycles. The van der Waals surface area contributed by atoms with Crippen molar-refractivity contribution in [3.8, 4) is 5.75 Å². The third-order valence-electron chi connectivity index (χ3n) is 4.62. The fraction of sp³-hybridized carbons (Fsp3) is 0.647. The molecule has 3 N–H and O–H groups in total. The minimum absolute atomic E-state index is 0.0980. The number of benzene rings is 1. The summed E-state index contributed by atoms with van der Waals surface area (Å²) in [5, 5.41) is 9.94. The van der Waals surface area contributed by atoms with Crippen LogP contribution in [0.3, 0.4) is 0 Å². The minimum Gasteiger partial charge on any atom is -0.497 e. The molecule has 0 aliphatic carbocycles. The van der Waals surface area contributed by atoms with E-state index in [1.165, 1.54) is 5.56 Å². The fourth-order valence-electron chi connectivity index (χ4n) is 3.17. The Labute approximate surface area is 127 Å². The van der Waals surface area contributed by atoms with E-state index in [1.54, 1.807) is 7.11 Å². The fourth-order valence-corrected chi connectivity index (χ4v) is 3.17. The van der Waals surface area contributed by atoms with Crippen molar-refractivity contribution >= 4 is 0 Å². The van der Waals surface area contributed by atoms with Crippen LogP contribution in [0.2, 0.25) is 0 Å². The van der Waals surface area contributed by atoms with E-state index in [9.17, 15) is 5.11 Å². The SMILES string of the molecule is CCC(N)C(c1ccc(OC)cc1)N1CCC(O)C(C)C1. The van der Waals surface area contributed by atoms with E-state index >= 15 is 0 Å². The van der Waals surface area contributed by atoms with Crippen molar-refractivity contribution in [1.82, 2.24) is 4.90 Å². The smallest absolute Gasteiger partial charge is 0.118 e. The molecule has 4 heteroatoms. The van der Waals surface area contributed by atoms with Gasteiger partial charge in [-0.15, -0.1) is 0 Å². The number of ether oxygens (including phenoxy) is 1. The Balaban J connectivity index is 2.21. The second-order valence-corrected chi connectivity index (χ2v) is 6.12. The van der Waals surface area contributed by atoms with Gasteiger partial charge in [-0.1, -0.05) is 26.0 Å². The van der Waals surface area contributed by atoms with Crippen LogP contribution in [0.4, 0.5) is 0 Å². The maximum absolute atomic E-state index is 9.94. The lowest BCUT2D eigenvalue weighted by Crippen LogP contribution is -2.48. The summed E-state index contributed by atoms with van der Waals surface area (Å²) in [6, 6.07) is 8.50. The number of methoxy groups -OCH3 is 1. The molecule has 1 saturated heterocycles. The number of aliphatic hydroxyl groups excluding tert-OH is 1. The van der Waals surface area contributed by atoms with Crippen LogP contribution in [0, 0.1) is 5.92 Å². The van der Waals surface area contributed by atoms with Gasteiger partial charge in [0.2, 0.25) is 0 Å². The molecule has 0 aromatic heterocycles. The van der Waals surface area contributed by atoms with Crippen molar-refractivity contribution in [1.29, 1.82) is 0 Å². The van der Waals surface area contributed by atoms with Gasteiger partial charge in [-0.05, 0) is 36.5 Å². The average molecular weight is 292 g/mol. The van der Waals surface area contributed by atoms with E-state index < -0.39 is 0 Å². The van der Waals surface area contributed by atoms with Crippen LogP contribution < -0.4 is 10.5 Å². The normalized spacial score (nSPS) is 26.3. The number of aliphatic hydroxyl groups is 1. The molecule has 0 bridgehead atoms. The first-order valence-electron chi connectivity index (χ1n) is 7.88. The van der Waals surface area contributed by atoms with Crippen LogP contribution in [-0.4, -0.2) is 42.4 Å². The summed E-state index contributed by atoms with van der Waals surface area (Å²) < 4.78 is 5.23. The molecule has 0 radical (unpaired) electrons. The predicted octanol–water partition coefficient (Wildman–Crippen LogP) is 2.18. The van der Waals surface area contributed by atoms with Crippen molar-refractivity contribution in [2.24, 2.45) is 11.7 Å². The highest BCUT2D eigenvalue weighted by molar-refractivity contribution is 5.30. The summed E-state index contributed by atoms with van der Waals surface area (Å²) in [5.74, 6) is 1.16. The second kappa shape index (κ2) is 7.25. The third kappa shape index (κ3) is 3.76. The third-order valence-corrected chi connectivity index (χ3v) is 4.62. The lowest BCUT2D eigenvalue weighted by Gasteiger charge is -2.42. The van der Waals surface area contributed by atoms with Crippen LogP contribution in [0.15, 0.2) is 24.3 Å². The summed E-state index contributed by atoms with van der Waals surface area (Å²) in [5.41, 5.74) is 7.63. The molecule has 2 rings (SSSR count). The molecule has 21 heavy (non-hydrogen) atoms. The molecule has 1 aromatic carbocycles. The summed E-state index contributed by atoms with van der Waals surface area (Å²) in [7, 11) is 1.68. The molecule has 1 aliphatic rings. The molecule has 0 spiro atoms. The van der Waals surface area contributed by atoms with E-state index in [-0.39, 0.29) is 18.2 Å². The Hall–Kier alpha value is -1.10. The molecule has 1 aliphatic heterocycles. The van der Waals surface area contributed by atoms with Crippen molar-refractivity contribution < 1.29 is 9.84 Å². The Morgan fingerprint density at radius 3 is 2.57 bits per heavy atom. The van der Waals surface area contributed by atoms with Crippen LogP contribution >= 0.6 is 0 Å². The largest absolute Gasteiger partial charge is 0.497 e. The Morgan fingerprint density at radius 1 is 1.38 bits per heavy atom. The maximum atomic E-state index is 9.94. The molecular formula is C17H28N2O2. The predicted molar refractivity (Wildman–Crippen MR) is 85.4 cm³/mol. The highest BCUT2D eigenvalue weighted by Gasteiger charge is 2.32. The molecule has 1 heterocycles. The van der Waals surface area contributed by atoms with Crippen LogP contribution in [0.25, 0.3) is 0 Å². The number of nitrogens with zero attached hydrogens (tertiary/aromatic N) is 1. The molecular weight excluding hydrogens is 264 g/mol. The highest BCUT2D eigenvalue weighted by atomic mass is 16.5. The minimum atomic E-state index is -0.185. The number of piperidine rings is 1. The van der Waals surface area contributed by atoms with Gasteiger partial charge in [0, 0.05) is 25.2 Å². The van der Waals surface area contributed by atoms with Crippen molar-refractivity contribution in [3.63, 3.8) is 0 Å². The zero-order valence-electron chi connectivity index (χ0n) is 13.3. The lowest BCUT2D eigenvalue weighted by molar-refractivity contribution is 0.0112. The van der Waals surface area contributed by atoms with Crippen LogP contribution in [0.5, 0.6) is 5.75 Å². The Morgan fingerprint density at radius 2 is 2.05 bits per heavy atom. The Bertz CT molecular complexity index is 435. The van der Waals surface area contributed by atoms with E-state index in [4.69, 9.17) is 10.5 Å². The van der Waals surface area contributed by atoms with E-state index in [2.05, 4.69) is 30.9 Å². The average Bonchev–Trinajstić information content (AvgIpc) is 2.51. The van der Waals surface area contributed by atoms with Gasteiger partial charge in [0.1, 0.15) is 5.75 Å². The molecule has 4 unspecified atom stereocenters. The summed E-state index contributed by atoms with van der Waals surface area (Å²) >= 11 is 0. The molecule has 4 nitrogen and oxygen atoms in total. The van der Waals surface area contributed by atoms with Gasteiger partial charge >= 0.3 is 0 Å². The summed E-state index contributed by atoms with van der Waals surface area (Å²) in [6.45, 7) is 6.03. The van der Waals surface area contributed by atoms with Gasteiger partial charge < -0.3 is 15.6 Å². The summed E-state index contributed by atoms with van der Waals surface area (Å²) in [4.78, 5) is 2.42. The van der Waals surface area contributed by atoms with Gasteiger partial charge in [-0.25, -0.2) is 0 Å². The summed E-state index contributed by atoms with van der Waals surface area (Å²) in [6.07, 6.45) is 1.57. The topological polar surface area (TPSA) is 58.7 Å². The monoisotopic (exact) mass is 292 g/mol. The van der Waals surface area contributed by atoms with Gasteiger partial charge in [-0.3, -0.25) is 4.90 Å². The highest BCUT2D eigenvalue weighted by Crippen LogP contribution is 2.31. The number of likely N-dealkylation sites (tertiary alicyclic amines) is 1. The molecule has 1 aromatic rings. The molecule has 118 valence electrons. The number of hydrogen-bond donors (Lipinski definition) is 2. The second-order valence-electron chi connectivity index (χ2n) is 6.12. The zero-order chi connectivity index (χ0) is 15.4. The quantitative estimate of drug-likeness (QED) is 0.873. The van der Waals surface area contributed by atoms with Crippen LogP contribution in [0.1, 0.15) is 38.3 Å². The van der Waals surface area contributed by atoms with Crippen molar-refractivity contribution in [2.75, 3.05) is 20.2 Å². The number of nitrogens with two attached hydrogens (primary N) is 1. The number of rotatable bonds is 5.